The van der Waals surface area contributed by atoms with Gasteiger partial charge >= 0.3 is 0 Å². The monoisotopic (exact) mass is 360 g/mol. The quantitative estimate of drug-likeness (QED) is 0.890. The van der Waals surface area contributed by atoms with Crippen molar-refractivity contribution in [2.75, 3.05) is 6.54 Å². The summed E-state index contributed by atoms with van der Waals surface area (Å²) in [5, 5.41) is 3.41. The van der Waals surface area contributed by atoms with Gasteiger partial charge < -0.3 is 10.2 Å². The van der Waals surface area contributed by atoms with Crippen LogP contribution >= 0.6 is 11.6 Å². The van der Waals surface area contributed by atoms with Gasteiger partial charge in [-0.05, 0) is 17.7 Å². The molecule has 0 spiro atoms. The van der Waals surface area contributed by atoms with Gasteiger partial charge in [-0.15, -0.1) is 0 Å². The van der Waals surface area contributed by atoms with Crippen molar-refractivity contribution in [2.45, 2.75) is 19.5 Å². The predicted molar refractivity (Wildman–Crippen MR) is 93.2 cm³/mol. The van der Waals surface area contributed by atoms with Gasteiger partial charge in [0, 0.05) is 36.6 Å². The summed E-state index contributed by atoms with van der Waals surface area (Å²) in [7, 11) is 0. The summed E-state index contributed by atoms with van der Waals surface area (Å²) in [5.41, 5.74) is 1.28. The Morgan fingerprint density at radius 1 is 1.16 bits per heavy atom. The molecule has 0 radical (unpaired) electrons. The van der Waals surface area contributed by atoms with Gasteiger partial charge in [0.2, 0.25) is 11.8 Å². The third-order valence-electron chi connectivity index (χ3n) is 4.32. The topological polar surface area (TPSA) is 49.4 Å². The number of amides is 2. The van der Waals surface area contributed by atoms with E-state index in [-0.39, 0.29) is 30.6 Å². The summed E-state index contributed by atoms with van der Waals surface area (Å²) >= 11 is 6.07. The van der Waals surface area contributed by atoms with Gasteiger partial charge in [-0.1, -0.05) is 48.0 Å². The average molecular weight is 361 g/mol. The maximum atomic E-state index is 13.7. The van der Waals surface area contributed by atoms with Gasteiger partial charge in [-0.25, -0.2) is 4.39 Å². The van der Waals surface area contributed by atoms with Crippen molar-refractivity contribution in [3.63, 3.8) is 0 Å². The molecule has 1 N–H and O–H groups in total. The number of halogens is 2. The van der Waals surface area contributed by atoms with E-state index in [1.165, 1.54) is 11.0 Å². The number of carbonyl (C=O) groups excluding carboxylic acids is 2. The van der Waals surface area contributed by atoms with E-state index in [4.69, 9.17) is 11.6 Å². The van der Waals surface area contributed by atoms with Gasteiger partial charge in [-0.2, -0.15) is 0 Å². The molecule has 0 aliphatic carbocycles. The van der Waals surface area contributed by atoms with Gasteiger partial charge in [0.05, 0.1) is 5.92 Å². The molecule has 25 heavy (non-hydrogen) atoms. The molecular weight excluding hydrogens is 343 g/mol. The Morgan fingerprint density at radius 2 is 1.84 bits per heavy atom. The highest BCUT2D eigenvalue weighted by atomic mass is 35.5. The molecule has 2 aromatic rings. The fourth-order valence-electron chi connectivity index (χ4n) is 2.90. The maximum absolute atomic E-state index is 13.7. The first-order chi connectivity index (χ1) is 12.0. The molecular formula is C19H18ClFN2O2. The molecule has 1 aliphatic heterocycles. The van der Waals surface area contributed by atoms with Crippen LogP contribution < -0.4 is 5.32 Å². The molecule has 1 fully saturated rings. The third kappa shape index (κ3) is 4.17. The van der Waals surface area contributed by atoms with Crippen LogP contribution in [-0.2, 0) is 22.7 Å². The van der Waals surface area contributed by atoms with Gasteiger partial charge in [0.25, 0.3) is 0 Å². The van der Waals surface area contributed by atoms with E-state index in [1.54, 1.807) is 24.3 Å². The summed E-state index contributed by atoms with van der Waals surface area (Å²) in [6.45, 7) is 0.790. The van der Waals surface area contributed by atoms with Crippen LogP contribution in [0.15, 0.2) is 48.5 Å². The van der Waals surface area contributed by atoms with Gasteiger partial charge in [-0.3, -0.25) is 9.59 Å². The van der Waals surface area contributed by atoms with E-state index in [0.29, 0.717) is 23.7 Å². The summed E-state index contributed by atoms with van der Waals surface area (Å²) in [4.78, 5) is 26.0. The lowest BCUT2D eigenvalue weighted by atomic mass is 10.1. The first kappa shape index (κ1) is 17.4. The SMILES string of the molecule is O=C(NCc1ccccc1Cl)C1CC(=O)N(Cc2ccccc2F)C1. The Balaban J connectivity index is 1.57. The van der Waals surface area contributed by atoms with E-state index in [0.717, 1.165) is 5.56 Å². The van der Waals surface area contributed by atoms with E-state index in [1.807, 2.05) is 18.2 Å². The summed E-state index contributed by atoms with van der Waals surface area (Å²) in [6.07, 6.45) is 0.142. The molecule has 1 unspecified atom stereocenters. The van der Waals surface area contributed by atoms with Crippen molar-refractivity contribution >= 4 is 23.4 Å². The number of carbonyl (C=O) groups is 2. The smallest absolute Gasteiger partial charge is 0.225 e. The average Bonchev–Trinajstić information content (AvgIpc) is 2.97. The molecule has 1 saturated heterocycles. The van der Waals surface area contributed by atoms with Crippen LogP contribution in [0.5, 0.6) is 0 Å². The van der Waals surface area contributed by atoms with E-state index >= 15 is 0 Å². The predicted octanol–water partition coefficient (Wildman–Crippen LogP) is 3.14. The zero-order valence-corrected chi connectivity index (χ0v) is 14.3. The molecule has 0 bridgehead atoms. The fourth-order valence-corrected chi connectivity index (χ4v) is 3.10. The van der Waals surface area contributed by atoms with Gasteiger partial charge in [0.15, 0.2) is 0 Å². The minimum Gasteiger partial charge on any atom is -0.352 e. The number of hydrogen-bond acceptors (Lipinski definition) is 2. The molecule has 0 aromatic heterocycles. The zero-order valence-electron chi connectivity index (χ0n) is 13.5. The van der Waals surface area contributed by atoms with Crippen LogP contribution in [0, 0.1) is 11.7 Å². The first-order valence-electron chi connectivity index (χ1n) is 8.07. The Labute approximate surface area is 150 Å². The lowest BCUT2D eigenvalue weighted by Gasteiger charge is -2.17. The van der Waals surface area contributed by atoms with Crippen LogP contribution in [-0.4, -0.2) is 23.3 Å². The number of rotatable bonds is 5. The number of nitrogens with zero attached hydrogens (tertiary/aromatic N) is 1. The Bertz CT molecular complexity index is 796. The van der Waals surface area contributed by atoms with Crippen molar-refractivity contribution in [3.8, 4) is 0 Å². The molecule has 3 rings (SSSR count). The zero-order chi connectivity index (χ0) is 17.8. The van der Waals surface area contributed by atoms with Crippen molar-refractivity contribution < 1.29 is 14.0 Å². The van der Waals surface area contributed by atoms with Crippen LogP contribution in [0.4, 0.5) is 4.39 Å². The largest absolute Gasteiger partial charge is 0.352 e. The maximum Gasteiger partial charge on any atom is 0.225 e. The van der Waals surface area contributed by atoms with E-state index < -0.39 is 5.92 Å². The Hall–Kier alpha value is -2.40. The van der Waals surface area contributed by atoms with Crippen LogP contribution in [0.25, 0.3) is 0 Å². The highest BCUT2D eigenvalue weighted by Crippen LogP contribution is 2.22. The van der Waals surface area contributed by atoms with Crippen molar-refractivity contribution in [3.05, 3.63) is 70.5 Å². The minimum atomic E-state index is -0.429. The molecule has 2 amide bonds. The Kier molecular flexibility index (Phi) is 5.34. The molecule has 130 valence electrons. The standard InChI is InChI=1S/C19H18ClFN2O2/c20-16-7-3-1-5-13(16)10-22-19(25)15-9-18(24)23(12-15)11-14-6-2-4-8-17(14)21/h1-8,15H,9-12H2,(H,22,25). The molecule has 6 heteroatoms. The van der Waals surface area contributed by atoms with Crippen LogP contribution in [0.1, 0.15) is 17.5 Å². The number of nitrogens with one attached hydrogen (secondary N) is 1. The van der Waals surface area contributed by atoms with Crippen LogP contribution in [0.2, 0.25) is 5.02 Å². The van der Waals surface area contributed by atoms with Gasteiger partial charge in [0.1, 0.15) is 5.82 Å². The number of hydrogen-bond donors (Lipinski definition) is 1. The molecule has 4 nitrogen and oxygen atoms in total. The lowest BCUT2D eigenvalue weighted by molar-refractivity contribution is -0.129. The molecule has 0 saturated carbocycles. The molecule has 1 heterocycles. The third-order valence-corrected chi connectivity index (χ3v) is 4.68. The summed E-state index contributed by atoms with van der Waals surface area (Å²) in [5.74, 6) is -1.10. The van der Waals surface area contributed by atoms with Crippen LogP contribution in [0.3, 0.4) is 0 Å². The Morgan fingerprint density at radius 3 is 2.56 bits per heavy atom. The van der Waals surface area contributed by atoms with Crippen molar-refractivity contribution in [1.29, 1.82) is 0 Å². The molecule has 2 aromatic carbocycles. The highest BCUT2D eigenvalue weighted by Gasteiger charge is 2.34. The summed E-state index contributed by atoms with van der Waals surface area (Å²) < 4.78 is 13.7. The number of benzene rings is 2. The first-order valence-corrected chi connectivity index (χ1v) is 8.44. The number of likely N-dealkylation sites (tertiary alicyclic amines) is 1. The van der Waals surface area contributed by atoms with E-state index in [2.05, 4.69) is 5.32 Å². The van der Waals surface area contributed by atoms with Crippen molar-refractivity contribution in [2.24, 2.45) is 5.92 Å². The molecule has 1 atom stereocenters. The normalized spacial score (nSPS) is 17.0. The second-order valence-electron chi connectivity index (χ2n) is 6.08. The second-order valence-corrected chi connectivity index (χ2v) is 6.48. The molecule has 1 aliphatic rings. The van der Waals surface area contributed by atoms with Crippen molar-refractivity contribution in [1.82, 2.24) is 10.2 Å². The summed E-state index contributed by atoms with van der Waals surface area (Å²) in [6, 6.07) is 13.6. The fraction of sp³-hybridized carbons (Fsp3) is 0.263. The second kappa shape index (κ2) is 7.66. The van der Waals surface area contributed by atoms with E-state index in [9.17, 15) is 14.0 Å². The minimum absolute atomic E-state index is 0.138. The highest BCUT2D eigenvalue weighted by molar-refractivity contribution is 6.31. The lowest BCUT2D eigenvalue weighted by Crippen LogP contribution is -2.32.